The van der Waals surface area contributed by atoms with E-state index in [0.29, 0.717) is 6.04 Å². The van der Waals surface area contributed by atoms with Crippen LogP contribution in [0.3, 0.4) is 0 Å². The predicted molar refractivity (Wildman–Crippen MR) is 63.0 cm³/mol. The second-order valence-electron chi connectivity index (χ2n) is 4.00. The van der Waals surface area contributed by atoms with Gasteiger partial charge in [-0.05, 0) is 49.6 Å². The molecule has 1 aliphatic heterocycles. The quantitative estimate of drug-likeness (QED) is 0.779. The normalized spacial score (nSPS) is 20.8. The lowest BCUT2D eigenvalue weighted by atomic mass is 9.94. The summed E-state index contributed by atoms with van der Waals surface area (Å²) in [6, 6.07) is 5.52. The maximum absolute atomic E-state index is 12.9. The molecular formula is C12H17ClFN. The van der Waals surface area contributed by atoms with Crippen LogP contribution in [0.15, 0.2) is 18.2 Å². The highest BCUT2D eigenvalue weighted by molar-refractivity contribution is 5.85. The molecule has 0 bridgehead atoms. The fourth-order valence-electron chi connectivity index (χ4n) is 2.15. The van der Waals surface area contributed by atoms with Crippen molar-refractivity contribution in [3.8, 4) is 0 Å². The van der Waals surface area contributed by atoms with Crippen LogP contribution in [0.4, 0.5) is 4.39 Å². The molecule has 1 aromatic rings. The fraction of sp³-hybridized carbons (Fsp3) is 0.500. The molecule has 2 rings (SSSR count). The Labute approximate surface area is 96.5 Å². The summed E-state index contributed by atoms with van der Waals surface area (Å²) in [7, 11) is 0. The van der Waals surface area contributed by atoms with Crippen LogP contribution in [0.25, 0.3) is 0 Å². The molecule has 1 atom stereocenters. The van der Waals surface area contributed by atoms with Crippen molar-refractivity contribution in [3.63, 3.8) is 0 Å². The molecule has 0 aliphatic carbocycles. The smallest absolute Gasteiger partial charge is 0.123 e. The van der Waals surface area contributed by atoms with E-state index in [-0.39, 0.29) is 18.2 Å². The minimum Gasteiger partial charge on any atom is -0.310 e. The zero-order chi connectivity index (χ0) is 9.97. The van der Waals surface area contributed by atoms with E-state index in [2.05, 4.69) is 5.32 Å². The Morgan fingerprint density at radius 1 is 1.33 bits per heavy atom. The van der Waals surface area contributed by atoms with E-state index in [0.717, 1.165) is 12.1 Å². The Bertz CT molecular complexity index is 321. The van der Waals surface area contributed by atoms with Crippen molar-refractivity contribution in [1.29, 1.82) is 0 Å². The maximum Gasteiger partial charge on any atom is 0.123 e. The number of aryl methyl sites for hydroxylation is 1. The second-order valence-corrected chi connectivity index (χ2v) is 4.00. The predicted octanol–water partition coefficient (Wildman–Crippen LogP) is 3.37. The SMILES string of the molecule is Cc1cc(F)ccc1[C@H]1CCCCN1.Cl. The molecule has 0 unspecified atom stereocenters. The lowest BCUT2D eigenvalue weighted by Gasteiger charge is -2.25. The van der Waals surface area contributed by atoms with Crippen LogP contribution in [-0.4, -0.2) is 6.54 Å². The molecular weight excluding hydrogens is 213 g/mol. The van der Waals surface area contributed by atoms with Crippen molar-refractivity contribution in [3.05, 3.63) is 35.1 Å². The lowest BCUT2D eigenvalue weighted by molar-refractivity contribution is 0.410. The van der Waals surface area contributed by atoms with Crippen molar-refractivity contribution in [2.75, 3.05) is 6.54 Å². The first-order chi connectivity index (χ1) is 6.77. The van der Waals surface area contributed by atoms with Crippen LogP contribution in [0.5, 0.6) is 0 Å². The molecule has 0 aromatic heterocycles. The summed E-state index contributed by atoms with van der Waals surface area (Å²) in [4.78, 5) is 0. The highest BCUT2D eigenvalue weighted by atomic mass is 35.5. The van der Waals surface area contributed by atoms with Crippen LogP contribution in [-0.2, 0) is 0 Å². The number of hydrogen-bond acceptors (Lipinski definition) is 1. The van der Waals surface area contributed by atoms with Gasteiger partial charge in [0.1, 0.15) is 5.82 Å². The second kappa shape index (κ2) is 5.47. The molecule has 0 spiro atoms. The van der Waals surface area contributed by atoms with Gasteiger partial charge in [0.2, 0.25) is 0 Å². The summed E-state index contributed by atoms with van der Waals surface area (Å²) in [5, 5.41) is 3.47. The molecule has 1 aliphatic rings. The third-order valence-corrected chi connectivity index (χ3v) is 2.92. The summed E-state index contributed by atoms with van der Waals surface area (Å²) in [5.41, 5.74) is 2.32. The molecule has 1 heterocycles. The van der Waals surface area contributed by atoms with Crippen LogP contribution in [0.2, 0.25) is 0 Å². The van der Waals surface area contributed by atoms with Gasteiger partial charge in [-0.1, -0.05) is 12.5 Å². The number of benzene rings is 1. The van der Waals surface area contributed by atoms with Gasteiger partial charge in [0.05, 0.1) is 0 Å². The average Bonchev–Trinajstić information content (AvgIpc) is 2.19. The van der Waals surface area contributed by atoms with Gasteiger partial charge in [-0.25, -0.2) is 4.39 Å². The minimum atomic E-state index is -0.137. The van der Waals surface area contributed by atoms with Crippen LogP contribution in [0, 0.1) is 12.7 Å². The zero-order valence-corrected chi connectivity index (χ0v) is 9.74. The highest BCUT2D eigenvalue weighted by Crippen LogP contribution is 2.25. The van der Waals surface area contributed by atoms with E-state index in [1.165, 1.54) is 24.8 Å². The number of halogens is 2. The van der Waals surface area contributed by atoms with Crippen LogP contribution in [0.1, 0.15) is 36.4 Å². The first-order valence-electron chi connectivity index (χ1n) is 5.27. The van der Waals surface area contributed by atoms with E-state index >= 15 is 0 Å². The summed E-state index contributed by atoms with van der Waals surface area (Å²) < 4.78 is 12.9. The molecule has 1 saturated heterocycles. The average molecular weight is 230 g/mol. The first-order valence-corrected chi connectivity index (χ1v) is 5.27. The van der Waals surface area contributed by atoms with E-state index in [4.69, 9.17) is 0 Å². The van der Waals surface area contributed by atoms with E-state index < -0.39 is 0 Å². The van der Waals surface area contributed by atoms with Crippen molar-refractivity contribution < 1.29 is 4.39 Å². The molecule has 0 saturated carbocycles. The Morgan fingerprint density at radius 2 is 2.13 bits per heavy atom. The van der Waals surface area contributed by atoms with Crippen LogP contribution >= 0.6 is 12.4 Å². The largest absolute Gasteiger partial charge is 0.310 e. The molecule has 84 valence electrons. The zero-order valence-electron chi connectivity index (χ0n) is 8.92. The van der Waals surface area contributed by atoms with E-state index in [1.807, 2.05) is 13.0 Å². The van der Waals surface area contributed by atoms with Gasteiger partial charge >= 0.3 is 0 Å². The minimum absolute atomic E-state index is 0. The molecule has 1 N–H and O–H groups in total. The van der Waals surface area contributed by atoms with Gasteiger partial charge in [0, 0.05) is 6.04 Å². The van der Waals surface area contributed by atoms with Crippen molar-refractivity contribution in [2.45, 2.75) is 32.2 Å². The number of piperidine rings is 1. The lowest BCUT2D eigenvalue weighted by Crippen LogP contribution is -2.27. The molecule has 1 nitrogen and oxygen atoms in total. The van der Waals surface area contributed by atoms with E-state index in [9.17, 15) is 4.39 Å². The molecule has 15 heavy (non-hydrogen) atoms. The van der Waals surface area contributed by atoms with Crippen molar-refractivity contribution in [2.24, 2.45) is 0 Å². The Morgan fingerprint density at radius 3 is 2.73 bits per heavy atom. The van der Waals surface area contributed by atoms with Gasteiger partial charge in [0.15, 0.2) is 0 Å². The summed E-state index contributed by atoms with van der Waals surface area (Å²) in [5.74, 6) is -0.137. The van der Waals surface area contributed by atoms with E-state index in [1.54, 1.807) is 12.1 Å². The molecule has 0 amide bonds. The summed E-state index contributed by atoms with van der Waals surface area (Å²) in [6.07, 6.45) is 3.71. The van der Waals surface area contributed by atoms with Gasteiger partial charge in [0.25, 0.3) is 0 Å². The van der Waals surface area contributed by atoms with Crippen molar-refractivity contribution in [1.82, 2.24) is 5.32 Å². The van der Waals surface area contributed by atoms with Crippen LogP contribution < -0.4 is 5.32 Å². The third kappa shape index (κ3) is 2.93. The standard InChI is InChI=1S/C12H16FN.ClH/c1-9-8-10(13)5-6-11(9)12-4-2-3-7-14-12;/h5-6,8,12,14H,2-4,7H2,1H3;1H/t12-;/m1./s1. The maximum atomic E-state index is 12.9. The third-order valence-electron chi connectivity index (χ3n) is 2.92. The fourth-order valence-corrected chi connectivity index (χ4v) is 2.15. The molecule has 3 heteroatoms. The number of rotatable bonds is 1. The van der Waals surface area contributed by atoms with Crippen molar-refractivity contribution >= 4 is 12.4 Å². The van der Waals surface area contributed by atoms with Gasteiger partial charge in [-0.15, -0.1) is 12.4 Å². The summed E-state index contributed by atoms with van der Waals surface area (Å²) >= 11 is 0. The Kier molecular flexibility index (Phi) is 4.55. The van der Waals surface area contributed by atoms with Gasteiger partial charge in [-0.3, -0.25) is 0 Å². The monoisotopic (exact) mass is 229 g/mol. The Hall–Kier alpha value is -0.600. The Balaban J connectivity index is 0.00000112. The number of hydrogen-bond donors (Lipinski definition) is 1. The topological polar surface area (TPSA) is 12.0 Å². The number of nitrogens with one attached hydrogen (secondary N) is 1. The highest BCUT2D eigenvalue weighted by Gasteiger charge is 2.16. The van der Waals surface area contributed by atoms with Gasteiger partial charge < -0.3 is 5.32 Å². The first kappa shape index (κ1) is 12.5. The van der Waals surface area contributed by atoms with Gasteiger partial charge in [-0.2, -0.15) is 0 Å². The summed E-state index contributed by atoms with van der Waals surface area (Å²) in [6.45, 7) is 3.07. The molecule has 1 aromatic carbocycles. The molecule has 0 radical (unpaired) electrons. The molecule has 1 fully saturated rings.